The summed E-state index contributed by atoms with van der Waals surface area (Å²) in [6.07, 6.45) is 3.20. The molecule has 4 rings (SSSR count). The molecule has 8 heteroatoms. The summed E-state index contributed by atoms with van der Waals surface area (Å²) < 4.78 is 1.62. The summed E-state index contributed by atoms with van der Waals surface area (Å²) in [6.45, 7) is 1.82. The number of benzene rings is 2. The number of aliphatic imine (C=N–C) groups is 1. The second kappa shape index (κ2) is 7.73. The molecule has 2 N–H and O–H groups in total. The lowest BCUT2D eigenvalue weighted by atomic mass is 10.1. The maximum absolute atomic E-state index is 12.3. The van der Waals surface area contributed by atoms with Gasteiger partial charge in [-0.3, -0.25) is 4.79 Å². The number of phenols is 1. The van der Waals surface area contributed by atoms with Crippen molar-refractivity contribution in [2.24, 2.45) is 10.1 Å². The molecule has 7 nitrogen and oxygen atoms in total. The van der Waals surface area contributed by atoms with Crippen LogP contribution in [-0.4, -0.2) is 32.8 Å². The fraction of sp³-hybridized carbons (Fsp3) is 0.0476. The lowest BCUT2D eigenvalue weighted by Crippen LogP contribution is -2.12. The van der Waals surface area contributed by atoms with Crippen molar-refractivity contribution in [3.63, 3.8) is 0 Å². The number of amides is 1. The van der Waals surface area contributed by atoms with Crippen molar-refractivity contribution in [1.29, 1.82) is 0 Å². The number of amidine groups is 1. The van der Waals surface area contributed by atoms with Gasteiger partial charge in [0.15, 0.2) is 5.84 Å². The van der Waals surface area contributed by atoms with Crippen molar-refractivity contribution in [2.45, 2.75) is 6.92 Å². The van der Waals surface area contributed by atoms with Crippen LogP contribution in [0.1, 0.15) is 16.8 Å². The molecule has 0 fully saturated rings. The number of nitrogens with zero attached hydrogens (tertiary/aromatic N) is 4. The summed E-state index contributed by atoms with van der Waals surface area (Å²) in [7, 11) is 0. The highest BCUT2D eigenvalue weighted by molar-refractivity contribution is 6.33. The van der Waals surface area contributed by atoms with Crippen LogP contribution >= 0.6 is 11.6 Å². The predicted octanol–water partition coefficient (Wildman–Crippen LogP) is 3.49. The van der Waals surface area contributed by atoms with Crippen LogP contribution in [0.2, 0.25) is 5.15 Å². The molecule has 0 atom stereocenters. The number of phenolic OH excluding ortho intramolecular Hbond substituents is 1. The smallest absolute Gasteiger partial charge is 0.275 e. The molecule has 144 valence electrons. The molecule has 0 radical (unpaired) electrons. The molecule has 3 aromatic rings. The van der Waals surface area contributed by atoms with Crippen LogP contribution in [0.25, 0.3) is 11.8 Å². The molecule has 0 unspecified atom stereocenters. The lowest BCUT2D eigenvalue weighted by Gasteiger charge is -2.02. The third kappa shape index (κ3) is 3.81. The third-order valence-electron chi connectivity index (χ3n) is 4.32. The predicted molar refractivity (Wildman–Crippen MR) is 113 cm³/mol. The van der Waals surface area contributed by atoms with Crippen LogP contribution in [0.15, 0.2) is 70.3 Å². The van der Waals surface area contributed by atoms with E-state index in [9.17, 15) is 9.90 Å². The van der Waals surface area contributed by atoms with Gasteiger partial charge < -0.3 is 5.11 Å². The molecule has 1 aromatic heterocycles. The number of carbonyl (C=O) groups excluding carboxylic acids is 1. The van der Waals surface area contributed by atoms with Crippen molar-refractivity contribution in [1.82, 2.24) is 15.2 Å². The maximum Gasteiger partial charge on any atom is 0.275 e. The van der Waals surface area contributed by atoms with Gasteiger partial charge in [-0.05, 0) is 55.0 Å². The molecule has 1 aliphatic heterocycles. The number of carbonyl (C=O) groups is 1. The van der Waals surface area contributed by atoms with Gasteiger partial charge in [-0.2, -0.15) is 10.2 Å². The van der Waals surface area contributed by atoms with Crippen molar-refractivity contribution in [3.8, 4) is 11.4 Å². The van der Waals surface area contributed by atoms with Gasteiger partial charge in [0.25, 0.3) is 5.91 Å². The third-order valence-corrected chi connectivity index (χ3v) is 4.68. The number of para-hydroxylation sites is 1. The van der Waals surface area contributed by atoms with E-state index in [0.717, 1.165) is 11.3 Å². The number of aromatic nitrogens is 2. The van der Waals surface area contributed by atoms with Crippen molar-refractivity contribution >= 4 is 35.6 Å². The first-order valence-corrected chi connectivity index (χ1v) is 9.14. The number of rotatable bonds is 3. The molecule has 0 saturated heterocycles. The lowest BCUT2D eigenvalue weighted by molar-refractivity contribution is -0.116. The average Bonchev–Trinajstić information content (AvgIpc) is 3.22. The fourth-order valence-corrected chi connectivity index (χ4v) is 3.14. The maximum atomic E-state index is 12.3. The standard InChI is InChI=1S/C21H16ClN5O2/c1-13-17(19(22)27(26-13)15-5-3-2-4-6-15)11-18-20(24-25-21(18)29)23-12-14-7-9-16(28)10-8-14/h2-12,28H,1H3,(H,25,29)/b18-11-,23-12?. The van der Waals surface area contributed by atoms with Crippen LogP contribution < -0.4 is 5.43 Å². The number of aromatic hydroxyl groups is 1. The van der Waals surface area contributed by atoms with Gasteiger partial charge in [0.1, 0.15) is 10.9 Å². The number of aryl methyl sites for hydroxylation is 1. The normalized spacial score (nSPS) is 15.2. The Morgan fingerprint density at radius 2 is 1.86 bits per heavy atom. The van der Waals surface area contributed by atoms with Gasteiger partial charge in [-0.15, -0.1) is 0 Å². The second-order valence-electron chi connectivity index (χ2n) is 6.32. The van der Waals surface area contributed by atoms with E-state index in [1.807, 2.05) is 37.3 Å². The molecule has 0 bridgehead atoms. The van der Waals surface area contributed by atoms with Gasteiger partial charge in [-0.25, -0.2) is 15.1 Å². The summed E-state index contributed by atoms with van der Waals surface area (Å²) in [4.78, 5) is 16.6. The summed E-state index contributed by atoms with van der Waals surface area (Å²) in [5.74, 6) is 0.0371. The monoisotopic (exact) mass is 405 g/mol. The van der Waals surface area contributed by atoms with Crippen LogP contribution in [0.4, 0.5) is 0 Å². The highest BCUT2D eigenvalue weighted by Gasteiger charge is 2.24. The first kappa shape index (κ1) is 18.6. The summed E-state index contributed by atoms with van der Waals surface area (Å²) in [5, 5.41) is 18.2. The molecule has 0 spiro atoms. The first-order valence-electron chi connectivity index (χ1n) is 8.76. The van der Waals surface area contributed by atoms with Gasteiger partial charge in [-0.1, -0.05) is 29.8 Å². The number of nitrogens with one attached hydrogen (secondary N) is 1. The van der Waals surface area contributed by atoms with E-state index < -0.39 is 0 Å². The zero-order chi connectivity index (χ0) is 20.4. The molecule has 0 aliphatic carbocycles. The SMILES string of the molecule is Cc1nn(-c2ccccc2)c(Cl)c1/C=C1\C(=O)NN=C1N=Cc1ccc(O)cc1. The molecule has 29 heavy (non-hydrogen) atoms. The van der Waals surface area contributed by atoms with Crippen molar-refractivity contribution < 1.29 is 9.90 Å². The summed E-state index contributed by atoms with van der Waals surface area (Å²) in [5.41, 5.74) is 5.58. The zero-order valence-corrected chi connectivity index (χ0v) is 16.1. The van der Waals surface area contributed by atoms with E-state index in [1.54, 1.807) is 41.2 Å². The zero-order valence-electron chi connectivity index (χ0n) is 15.4. The Bertz CT molecular complexity index is 1160. The highest BCUT2D eigenvalue weighted by Crippen LogP contribution is 2.26. The Hall–Kier alpha value is -3.71. The molecule has 2 heterocycles. The summed E-state index contributed by atoms with van der Waals surface area (Å²) in [6, 6.07) is 16.0. The fourth-order valence-electron chi connectivity index (χ4n) is 2.81. The van der Waals surface area contributed by atoms with Crippen LogP contribution in [0.5, 0.6) is 5.75 Å². The molecular weight excluding hydrogens is 390 g/mol. The number of hydrogen-bond acceptors (Lipinski definition) is 5. The van der Waals surface area contributed by atoms with Gasteiger partial charge in [0.2, 0.25) is 0 Å². The Balaban J connectivity index is 1.68. The van der Waals surface area contributed by atoms with Gasteiger partial charge >= 0.3 is 0 Å². The number of hydrogen-bond donors (Lipinski definition) is 2. The van der Waals surface area contributed by atoms with E-state index in [0.29, 0.717) is 16.4 Å². The topological polar surface area (TPSA) is 91.9 Å². The van der Waals surface area contributed by atoms with Gasteiger partial charge in [0.05, 0.1) is 17.0 Å². The second-order valence-corrected chi connectivity index (χ2v) is 6.68. The largest absolute Gasteiger partial charge is 0.508 e. The summed E-state index contributed by atoms with van der Waals surface area (Å²) >= 11 is 6.55. The Kier molecular flexibility index (Phi) is 4.97. The van der Waals surface area contributed by atoms with E-state index in [-0.39, 0.29) is 23.1 Å². The first-order chi connectivity index (χ1) is 14.0. The Morgan fingerprint density at radius 1 is 1.14 bits per heavy atom. The van der Waals surface area contributed by atoms with E-state index in [4.69, 9.17) is 11.6 Å². The van der Waals surface area contributed by atoms with Crippen LogP contribution in [0.3, 0.4) is 0 Å². The minimum atomic E-state index is -0.370. The Morgan fingerprint density at radius 3 is 2.59 bits per heavy atom. The average molecular weight is 406 g/mol. The van der Waals surface area contributed by atoms with E-state index >= 15 is 0 Å². The molecule has 0 saturated carbocycles. The van der Waals surface area contributed by atoms with Gasteiger partial charge in [0, 0.05) is 11.8 Å². The van der Waals surface area contributed by atoms with Crippen molar-refractivity contribution in [2.75, 3.05) is 0 Å². The molecular formula is C21H16ClN5O2. The van der Waals surface area contributed by atoms with Crippen LogP contribution in [0, 0.1) is 6.92 Å². The molecule has 2 aromatic carbocycles. The number of hydrazone groups is 1. The minimum absolute atomic E-state index is 0.165. The molecule has 1 aliphatic rings. The highest BCUT2D eigenvalue weighted by atomic mass is 35.5. The Labute approximate surface area is 171 Å². The molecule has 1 amide bonds. The quantitative estimate of drug-likeness (QED) is 0.516. The van der Waals surface area contributed by atoms with Crippen LogP contribution in [-0.2, 0) is 4.79 Å². The minimum Gasteiger partial charge on any atom is -0.508 e. The van der Waals surface area contributed by atoms with E-state index in [2.05, 4.69) is 20.6 Å². The number of halogens is 1. The van der Waals surface area contributed by atoms with E-state index in [1.165, 1.54) is 0 Å². The van der Waals surface area contributed by atoms with Crippen molar-refractivity contribution in [3.05, 3.63) is 82.1 Å².